The molecule has 0 aromatic carbocycles. The van der Waals surface area contributed by atoms with Gasteiger partial charge in [0.2, 0.25) is 0 Å². The summed E-state index contributed by atoms with van der Waals surface area (Å²) < 4.78 is 2.14. The Balaban J connectivity index is 1.89. The third-order valence-electron chi connectivity index (χ3n) is 3.66. The highest BCUT2D eigenvalue weighted by Gasteiger charge is 2.26. The second-order valence-electron chi connectivity index (χ2n) is 5.00. The average Bonchev–Trinajstić information content (AvgIpc) is 3.25. The van der Waals surface area contributed by atoms with Crippen LogP contribution in [0.25, 0.3) is 17.0 Å². The summed E-state index contributed by atoms with van der Waals surface area (Å²) in [5.41, 5.74) is 4.37. The third-order valence-corrected chi connectivity index (χ3v) is 4.22. The lowest BCUT2D eigenvalue weighted by Gasteiger charge is -2.05. The van der Waals surface area contributed by atoms with Crippen molar-refractivity contribution in [3.05, 3.63) is 42.4 Å². The molecule has 0 atom stereocenters. The van der Waals surface area contributed by atoms with E-state index >= 15 is 0 Å². The van der Waals surface area contributed by atoms with Crippen molar-refractivity contribution in [1.82, 2.24) is 19.4 Å². The van der Waals surface area contributed by atoms with Gasteiger partial charge < -0.3 is 0 Å². The molecule has 0 saturated heterocycles. The molecule has 0 aliphatic heterocycles. The molecule has 0 spiro atoms. The molecule has 0 radical (unpaired) electrons. The number of pyridine rings is 1. The van der Waals surface area contributed by atoms with Gasteiger partial charge in [-0.05, 0) is 42.7 Å². The Labute approximate surface area is 121 Å². The molecule has 1 aliphatic rings. The predicted molar refractivity (Wildman–Crippen MR) is 80.0 cm³/mol. The summed E-state index contributed by atoms with van der Waals surface area (Å²) in [6.45, 7) is 0. The molecule has 3 aromatic rings. The van der Waals surface area contributed by atoms with Gasteiger partial charge in [-0.25, -0.2) is 15.0 Å². The minimum atomic E-state index is 0.695. The summed E-state index contributed by atoms with van der Waals surface area (Å²) in [6.07, 6.45) is 10.3. The van der Waals surface area contributed by atoms with E-state index in [1.807, 2.05) is 18.5 Å². The zero-order valence-electron chi connectivity index (χ0n) is 11.2. The van der Waals surface area contributed by atoms with Gasteiger partial charge in [-0.3, -0.25) is 4.40 Å². The van der Waals surface area contributed by atoms with Crippen LogP contribution in [0, 0.1) is 0 Å². The summed E-state index contributed by atoms with van der Waals surface area (Å²) in [5, 5.41) is 0.788. The molecule has 0 unspecified atom stereocenters. The van der Waals surface area contributed by atoms with Crippen molar-refractivity contribution in [2.45, 2.75) is 23.9 Å². The predicted octanol–water partition coefficient (Wildman–Crippen LogP) is 3.39. The first-order valence-corrected chi connectivity index (χ1v) is 7.92. The molecular weight excluding hydrogens is 268 g/mol. The molecule has 3 heterocycles. The molecule has 0 N–H and O–H groups in total. The molecule has 1 aliphatic carbocycles. The smallest absolute Gasteiger partial charge is 0.187 e. The lowest BCUT2D eigenvalue weighted by Crippen LogP contribution is -1.94. The highest BCUT2D eigenvalue weighted by molar-refractivity contribution is 7.98. The Bertz CT molecular complexity index is 776. The number of fused-ring (bicyclic) bond motifs is 1. The van der Waals surface area contributed by atoms with Crippen molar-refractivity contribution < 1.29 is 0 Å². The standard InChI is InChI=1S/C15H14N4S/c1-20-15-16-7-6-12(18-15)13-9-17-14-11(10-4-5-10)3-2-8-19(13)14/h2-3,6-10H,4-5H2,1H3. The molecule has 20 heavy (non-hydrogen) atoms. The Morgan fingerprint density at radius 2 is 2.15 bits per heavy atom. The average molecular weight is 282 g/mol. The van der Waals surface area contributed by atoms with Gasteiger partial charge in [-0.15, -0.1) is 0 Å². The highest BCUT2D eigenvalue weighted by Crippen LogP contribution is 2.42. The van der Waals surface area contributed by atoms with Gasteiger partial charge in [-0.2, -0.15) is 0 Å². The van der Waals surface area contributed by atoms with Crippen molar-refractivity contribution in [3.8, 4) is 11.4 Å². The number of thioether (sulfide) groups is 1. The Kier molecular flexibility index (Phi) is 2.73. The molecule has 5 heteroatoms. The van der Waals surface area contributed by atoms with Gasteiger partial charge in [0.25, 0.3) is 0 Å². The van der Waals surface area contributed by atoms with E-state index in [2.05, 4.69) is 37.7 Å². The van der Waals surface area contributed by atoms with Crippen molar-refractivity contribution >= 4 is 17.4 Å². The second-order valence-corrected chi connectivity index (χ2v) is 5.78. The number of hydrogen-bond donors (Lipinski definition) is 0. The lowest BCUT2D eigenvalue weighted by molar-refractivity contribution is 0.967. The second kappa shape index (κ2) is 4.59. The Morgan fingerprint density at radius 3 is 2.95 bits per heavy atom. The van der Waals surface area contributed by atoms with Crippen LogP contribution >= 0.6 is 11.8 Å². The molecule has 1 fully saturated rings. The summed E-state index contributed by atoms with van der Waals surface area (Å²) in [5.74, 6) is 0.695. The van der Waals surface area contributed by atoms with Crippen molar-refractivity contribution in [3.63, 3.8) is 0 Å². The van der Waals surface area contributed by atoms with Crippen LogP contribution in [0.4, 0.5) is 0 Å². The Hall–Kier alpha value is -1.88. The fourth-order valence-corrected chi connectivity index (χ4v) is 2.87. The molecule has 4 nitrogen and oxygen atoms in total. The molecule has 4 rings (SSSR count). The van der Waals surface area contributed by atoms with Crippen LogP contribution in [0.3, 0.4) is 0 Å². The van der Waals surface area contributed by atoms with E-state index in [1.165, 1.54) is 18.4 Å². The van der Waals surface area contributed by atoms with Gasteiger partial charge >= 0.3 is 0 Å². The fourth-order valence-electron chi connectivity index (χ4n) is 2.52. The maximum atomic E-state index is 4.61. The Morgan fingerprint density at radius 1 is 1.25 bits per heavy atom. The first kappa shape index (κ1) is 11.9. The summed E-state index contributed by atoms with van der Waals surface area (Å²) in [7, 11) is 0. The molecule has 3 aromatic heterocycles. The molecule has 1 saturated carbocycles. The quantitative estimate of drug-likeness (QED) is 0.545. The maximum Gasteiger partial charge on any atom is 0.187 e. The van der Waals surface area contributed by atoms with E-state index in [-0.39, 0.29) is 0 Å². The normalized spacial score (nSPS) is 14.8. The van der Waals surface area contributed by atoms with Gasteiger partial charge in [0.05, 0.1) is 17.6 Å². The van der Waals surface area contributed by atoms with Crippen LogP contribution in [0.15, 0.2) is 41.9 Å². The molecule has 0 bridgehead atoms. The zero-order chi connectivity index (χ0) is 13.5. The van der Waals surface area contributed by atoms with E-state index in [0.717, 1.165) is 22.2 Å². The highest BCUT2D eigenvalue weighted by atomic mass is 32.2. The summed E-state index contributed by atoms with van der Waals surface area (Å²) in [6, 6.07) is 6.23. The minimum absolute atomic E-state index is 0.695. The van der Waals surface area contributed by atoms with Crippen LogP contribution in [0.1, 0.15) is 24.3 Å². The van der Waals surface area contributed by atoms with Gasteiger partial charge in [0, 0.05) is 12.4 Å². The van der Waals surface area contributed by atoms with E-state index in [9.17, 15) is 0 Å². The van der Waals surface area contributed by atoms with Crippen LogP contribution in [-0.2, 0) is 0 Å². The zero-order valence-corrected chi connectivity index (χ0v) is 12.0. The van der Waals surface area contributed by atoms with Gasteiger partial charge in [0.1, 0.15) is 5.65 Å². The SMILES string of the molecule is CSc1nccc(-c2cnc3c(C4CC4)cccn23)n1. The number of imidazole rings is 1. The van der Waals surface area contributed by atoms with Crippen LogP contribution in [0.2, 0.25) is 0 Å². The van der Waals surface area contributed by atoms with Crippen LogP contribution in [-0.4, -0.2) is 25.6 Å². The number of rotatable bonds is 3. The van der Waals surface area contributed by atoms with Crippen LogP contribution < -0.4 is 0 Å². The summed E-state index contributed by atoms with van der Waals surface area (Å²) >= 11 is 1.55. The maximum absolute atomic E-state index is 4.61. The van der Waals surface area contributed by atoms with Crippen molar-refractivity contribution in [2.75, 3.05) is 6.26 Å². The van der Waals surface area contributed by atoms with E-state index in [0.29, 0.717) is 5.92 Å². The molecule has 100 valence electrons. The number of nitrogens with zero attached hydrogens (tertiary/aromatic N) is 4. The van der Waals surface area contributed by atoms with Crippen molar-refractivity contribution in [1.29, 1.82) is 0 Å². The largest absolute Gasteiger partial charge is 0.298 e. The van der Waals surface area contributed by atoms with Gasteiger partial charge in [-0.1, -0.05) is 17.8 Å². The lowest BCUT2D eigenvalue weighted by atomic mass is 10.2. The minimum Gasteiger partial charge on any atom is -0.298 e. The van der Waals surface area contributed by atoms with Gasteiger partial charge in [0.15, 0.2) is 5.16 Å². The summed E-state index contributed by atoms with van der Waals surface area (Å²) in [4.78, 5) is 13.4. The number of hydrogen-bond acceptors (Lipinski definition) is 4. The number of aromatic nitrogens is 4. The third kappa shape index (κ3) is 1.89. The van der Waals surface area contributed by atoms with Crippen LogP contribution in [0.5, 0.6) is 0 Å². The monoisotopic (exact) mass is 282 g/mol. The molecule has 0 amide bonds. The van der Waals surface area contributed by atoms with E-state index in [1.54, 1.807) is 18.0 Å². The fraction of sp³-hybridized carbons (Fsp3) is 0.267. The molecular formula is C15H14N4S. The topological polar surface area (TPSA) is 43.1 Å². The first-order chi connectivity index (χ1) is 9.86. The van der Waals surface area contributed by atoms with E-state index in [4.69, 9.17) is 0 Å². The first-order valence-electron chi connectivity index (χ1n) is 6.70. The van der Waals surface area contributed by atoms with Crippen molar-refractivity contribution in [2.24, 2.45) is 0 Å². The van der Waals surface area contributed by atoms with E-state index < -0.39 is 0 Å².